The number of hydrogen-bond donors (Lipinski definition) is 0. The van der Waals surface area contributed by atoms with E-state index in [0.29, 0.717) is 48.8 Å². The topological polar surface area (TPSA) is 59.1 Å². The molecule has 0 bridgehead atoms. The standard InChI is InChI=1S/C25H28ClFN2O4/c1-16-13-29(17(2)12-28(16)14-18-3-6-20(27)7-4-18)24(30)15-32-22-8-5-19(26)11-21(22)23-9-10-25(31)33-23/h3-8,11,16-17,23H,9-10,12-15H2,1-2H3/t16-,17+,23?/m0/s1. The molecule has 0 aromatic heterocycles. The average Bonchev–Trinajstić information content (AvgIpc) is 3.22. The lowest BCUT2D eigenvalue weighted by Crippen LogP contribution is -2.58. The number of piperazine rings is 1. The first-order valence-corrected chi connectivity index (χ1v) is 11.6. The summed E-state index contributed by atoms with van der Waals surface area (Å²) in [7, 11) is 0. The number of nitrogens with zero attached hydrogens (tertiary/aromatic N) is 2. The summed E-state index contributed by atoms with van der Waals surface area (Å²) in [5.41, 5.74) is 1.73. The van der Waals surface area contributed by atoms with Crippen molar-refractivity contribution in [2.75, 3.05) is 19.7 Å². The highest BCUT2D eigenvalue weighted by Crippen LogP contribution is 2.37. The molecule has 1 amide bonds. The number of halogens is 2. The molecule has 2 aliphatic heterocycles. The van der Waals surface area contributed by atoms with Crippen LogP contribution in [0.5, 0.6) is 5.75 Å². The van der Waals surface area contributed by atoms with Crippen LogP contribution < -0.4 is 4.74 Å². The lowest BCUT2D eigenvalue weighted by atomic mass is 10.1. The van der Waals surface area contributed by atoms with Gasteiger partial charge in [-0.15, -0.1) is 0 Å². The van der Waals surface area contributed by atoms with Crippen LogP contribution in [-0.2, 0) is 20.9 Å². The second-order valence-corrected chi connectivity index (χ2v) is 9.22. The molecule has 33 heavy (non-hydrogen) atoms. The van der Waals surface area contributed by atoms with E-state index in [1.807, 2.05) is 11.8 Å². The Morgan fingerprint density at radius 2 is 1.91 bits per heavy atom. The number of amides is 1. The van der Waals surface area contributed by atoms with Crippen molar-refractivity contribution < 1.29 is 23.5 Å². The van der Waals surface area contributed by atoms with E-state index in [4.69, 9.17) is 21.1 Å². The number of ether oxygens (including phenoxy) is 2. The van der Waals surface area contributed by atoms with Crippen LogP contribution >= 0.6 is 11.6 Å². The molecule has 2 aromatic carbocycles. The predicted octanol–water partition coefficient (Wildman–Crippen LogP) is 4.36. The number of rotatable bonds is 6. The van der Waals surface area contributed by atoms with E-state index in [2.05, 4.69) is 11.8 Å². The van der Waals surface area contributed by atoms with E-state index in [9.17, 15) is 14.0 Å². The zero-order chi connectivity index (χ0) is 23.5. The van der Waals surface area contributed by atoms with E-state index in [-0.39, 0.29) is 36.4 Å². The van der Waals surface area contributed by atoms with Crippen molar-refractivity contribution in [3.63, 3.8) is 0 Å². The highest BCUT2D eigenvalue weighted by Gasteiger charge is 2.33. The summed E-state index contributed by atoms with van der Waals surface area (Å²) in [4.78, 5) is 28.7. The van der Waals surface area contributed by atoms with Gasteiger partial charge in [0.05, 0.1) is 0 Å². The second-order valence-electron chi connectivity index (χ2n) is 8.79. The Morgan fingerprint density at radius 1 is 1.15 bits per heavy atom. The Hall–Kier alpha value is -2.64. The molecule has 2 aliphatic rings. The van der Waals surface area contributed by atoms with Gasteiger partial charge in [0.2, 0.25) is 0 Å². The summed E-state index contributed by atoms with van der Waals surface area (Å²) >= 11 is 6.14. The van der Waals surface area contributed by atoms with E-state index in [1.165, 1.54) is 12.1 Å². The van der Waals surface area contributed by atoms with Crippen LogP contribution in [0, 0.1) is 5.82 Å². The Kier molecular flexibility index (Phi) is 7.20. The van der Waals surface area contributed by atoms with Gasteiger partial charge in [0.25, 0.3) is 5.91 Å². The van der Waals surface area contributed by atoms with Crippen molar-refractivity contribution in [3.05, 3.63) is 64.4 Å². The number of carbonyl (C=O) groups excluding carboxylic acids is 2. The minimum absolute atomic E-state index is 0.0122. The van der Waals surface area contributed by atoms with Gasteiger partial charge in [0.1, 0.15) is 17.7 Å². The van der Waals surface area contributed by atoms with Crippen molar-refractivity contribution in [1.82, 2.24) is 9.80 Å². The molecule has 8 heteroatoms. The zero-order valence-electron chi connectivity index (χ0n) is 18.8. The van der Waals surface area contributed by atoms with Gasteiger partial charge in [0.15, 0.2) is 6.61 Å². The lowest BCUT2D eigenvalue weighted by molar-refractivity contribution is -0.142. The van der Waals surface area contributed by atoms with E-state index >= 15 is 0 Å². The molecule has 0 spiro atoms. The lowest BCUT2D eigenvalue weighted by Gasteiger charge is -2.44. The van der Waals surface area contributed by atoms with Crippen molar-refractivity contribution in [1.29, 1.82) is 0 Å². The van der Waals surface area contributed by atoms with Gasteiger partial charge in [-0.05, 0) is 56.2 Å². The molecular weight excluding hydrogens is 447 g/mol. The van der Waals surface area contributed by atoms with Gasteiger partial charge in [-0.2, -0.15) is 0 Å². The van der Waals surface area contributed by atoms with Crippen LogP contribution in [0.2, 0.25) is 5.02 Å². The number of cyclic esters (lactones) is 1. The van der Waals surface area contributed by atoms with E-state index in [1.54, 1.807) is 30.3 Å². The summed E-state index contributed by atoms with van der Waals surface area (Å²) in [5, 5.41) is 0.520. The Balaban J connectivity index is 1.36. The number of carbonyl (C=O) groups is 2. The monoisotopic (exact) mass is 474 g/mol. The van der Waals surface area contributed by atoms with Crippen LogP contribution in [0.1, 0.15) is 43.9 Å². The smallest absolute Gasteiger partial charge is 0.306 e. The number of esters is 1. The van der Waals surface area contributed by atoms with Gasteiger partial charge in [0, 0.05) is 48.7 Å². The fourth-order valence-electron chi connectivity index (χ4n) is 4.46. The molecule has 0 aliphatic carbocycles. The Labute approximate surface area is 198 Å². The molecule has 1 unspecified atom stereocenters. The van der Waals surface area contributed by atoms with Crippen LogP contribution in [0.25, 0.3) is 0 Å². The molecule has 2 aromatic rings. The highest BCUT2D eigenvalue weighted by atomic mass is 35.5. The van der Waals surface area contributed by atoms with Gasteiger partial charge in [-0.25, -0.2) is 4.39 Å². The Bertz CT molecular complexity index is 1020. The van der Waals surface area contributed by atoms with Gasteiger partial charge >= 0.3 is 5.97 Å². The van der Waals surface area contributed by atoms with Gasteiger partial charge < -0.3 is 14.4 Å². The molecule has 0 saturated carbocycles. The molecular formula is C25H28ClFN2O4. The van der Waals surface area contributed by atoms with Crippen molar-refractivity contribution in [2.24, 2.45) is 0 Å². The van der Waals surface area contributed by atoms with Crippen LogP contribution in [0.4, 0.5) is 4.39 Å². The first-order valence-electron chi connectivity index (χ1n) is 11.2. The third kappa shape index (κ3) is 5.65. The molecule has 2 saturated heterocycles. The number of benzene rings is 2. The first-order chi connectivity index (χ1) is 15.8. The third-order valence-corrected chi connectivity index (χ3v) is 6.52. The highest BCUT2D eigenvalue weighted by molar-refractivity contribution is 6.30. The van der Waals surface area contributed by atoms with Crippen LogP contribution in [-0.4, -0.2) is 53.5 Å². The minimum atomic E-state index is -0.407. The van der Waals surface area contributed by atoms with Crippen molar-refractivity contribution in [2.45, 2.75) is 51.4 Å². The molecule has 6 nitrogen and oxygen atoms in total. The van der Waals surface area contributed by atoms with Gasteiger partial charge in [-0.1, -0.05) is 23.7 Å². The third-order valence-electron chi connectivity index (χ3n) is 6.29. The largest absolute Gasteiger partial charge is 0.483 e. The molecule has 176 valence electrons. The Morgan fingerprint density at radius 3 is 2.61 bits per heavy atom. The minimum Gasteiger partial charge on any atom is -0.483 e. The summed E-state index contributed by atoms with van der Waals surface area (Å²) in [6, 6.07) is 11.8. The average molecular weight is 475 g/mol. The number of hydrogen-bond acceptors (Lipinski definition) is 5. The van der Waals surface area contributed by atoms with Crippen molar-refractivity contribution in [3.8, 4) is 5.75 Å². The van der Waals surface area contributed by atoms with E-state index in [0.717, 1.165) is 5.56 Å². The van der Waals surface area contributed by atoms with Crippen LogP contribution in [0.3, 0.4) is 0 Å². The predicted molar refractivity (Wildman–Crippen MR) is 122 cm³/mol. The summed E-state index contributed by atoms with van der Waals surface area (Å²) in [5.74, 6) is -0.0861. The molecule has 0 radical (unpaired) electrons. The van der Waals surface area contributed by atoms with E-state index < -0.39 is 6.10 Å². The first kappa shape index (κ1) is 23.5. The maximum atomic E-state index is 13.2. The summed E-state index contributed by atoms with van der Waals surface area (Å²) < 4.78 is 24.4. The second kappa shape index (κ2) is 10.1. The van der Waals surface area contributed by atoms with Gasteiger partial charge in [-0.3, -0.25) is 14.5 Å². The molecule has 2 heterocycles. The quantitative estimate of drug-likeness (QED) is 0.582. The summed E-state index contributed by atoms with van der Waals surface area (Å²) in [6.45, 7) is 6.01. The zero-order valence-corrected chi connectivity index (χ0v) is 19.6. The SMILES string of the molecule is C[C@@H]1CN(Cc2ccc(F)cc2)[C@@H](C)CN1C(=O)COc1ccc(Cl)cc1C1CCC(=O)O1. The molecule has 3 atom stereocenters. The fourth-order valence-corrected chi connectivity index (χ4v) is 4.64. The maximum Gasteiger partial charge on any atom is 0.306 e. The molecule has 4 rings (SSSR count). The summed E-state index contributed by atoms with van der Waals surface area (Å²) in [6.07, 6.45) is 0.511. The molecule has 0 N–H and O–H groups in total. The molecule has 2 fully saturated rings. The normalized spacial score (nSPS) is 23.5. The fraction of sp³-hybridized carbons (Fsp3) is 0.440. The maximum absolute atomic E-state index is 13.2. The van der Waals surface area contributed by atoms with Crippen LogP contribution in [0.15, 0.2) is 42.5 Å². The van der Waals surface area contributed by atoms with Crippen molar-refractivity contribution >= 4 is 23.5 Å².